The first-order valence-electron chi connectivity index (χ1n) is 6.91. The predicted octanol–water partition coefficient (Wildman–Crippen LogP) is 3.29. The average Bonchev–Trinajstić information content (AvgIpc) is 3.05. The van der Waals surface area contributed by atoms with Crippen molar-refractivity contribution in [2.24, 2.45) is 0 Å². The van der Waals surface area contributed by atoms with Gasteiger partial charge < -0.3 is 10.3 Å². The van der Waals surface area contributed by atoms with E-state index >= 15 is 0 Å². The summed E-state index contributed by atoms with van der Waals surface area (Å²) in [5.74, 6) is 0.807. The molecule has 21 heavy (non-hydrogen) atoms. The SMILES string of the molecule is Cc1nc2ccc(C(=O)NC(C)Cc3cccs3)cc2[nH]1. The van der Waals surface area contributed by atoms with Gasteiger partial charge in [-0.15, -0.1) is 11.3 Å². The van der Waals surface area contributed by atoms with Gasteiger partial charge in [0, 0.05) is 22.9 Å². The van der Waals surface area contributed by atoms with Crippen molar-refractivity contribution in [1.82, 2.24) is 15.3 Å². The molecular formula is C16H17N3OS. The van der Waals surface area contributed by atoms with Gasteiger partial charge in [-0.3, -0.25) is 4.79 Å². The van der Waals surface area contributed by atoms with Gasteiger partial charge in [0.25, 0.3) is 5.91 Å². The van der Waals surface area contributed by atoms with E-state index in [1.54, 1.807) is 11.3 Å². The lowest BCUT2D eigenvalue weighted by atomic mass is 10.1. The molecule has 0 aliphatic carbocycles. The molecule has 108 valence electrons. The van der Waals surface area contributed by atoms with Gasteiger partial charge in [0.15, 0.2) is 0 Å². The van der Waals surface area contributed by atoms with E-state index in [9.17, 15) is 4.79 Å². The van der Waals surface area contributed by atoms with Gasteiger partial charge in [0.2, 0.25) is 0 Å². The van der Waals surface area contributed by atoms with Crippen LogP contribution in [0.1, 0.15) is 28.0 Å². The first-order chi connectivity index (χ1) is 10.1. The van der Waals surface area contributed by atoms with Gasteiger partial charge >= 0.3 is 0 Å². The van der Waals surface area contributed by atoms with Crippen LogP contribution in [0.2, 0.25) is 0 Å². The van der Waals surface area contributed by atoms with Crippen LogP contribution in [0.3, 0.4) is 0 Å². The molecule has 1 aromatic carbocycles. The molecule has 0 fully saturated rings. The number of nitrogens with zero attached hydrogens (tertiary/aromatic N) is 1. The van der Waals surface area contributed by atoms with E-state index in [0.717, 1.165) is 23.3 Å². The summed E-state index contributed by atoms with van der Waals surface area (Å²) in [4.78, 5) is 21.1. The summed E-state index contributed by atoms with van der Waals surface area (Å²) in [5, 5.41) is 5.09. The van der Waals surface area contributed by atoms with Crippen LogP contribution in [-0.4, -0.2) is 21.9 Å². The highest BCUT2D eigenvalue weighted by atomic mass is 32.1. The fraction of sp³-hybridized carbons (Fsp3) is 0.250. The summed E-state index contributed by atoms with van der Waals surface area (Å²) >= 11 is 1.71. The maximum atomic E-state index is 12.3. The summed E-state index contributed by atoms with van der Waals surface area (Å²) in [5.41, 5.74) is 2.44. The number of H-pyrrole nitrogens is 1. The summed E-state index contributed by atoms with van der Waals surface area (Å²) in [7, 11) is 0. The predicted molar refractivity (Wildman–Crippen MR) is 85.8 cm³/mol. The Bertz CT molecular complexity index is 761. The Balaban J connectivity index is 1.71. The molecule has 2 aromatic heterocycles. The van der Waals surface area contributed by atoms with Crippen molar-refractivity contribution in [3.05, 3.63) is 52.0 Å². The van der Waals surface area contributed by atoms with Gasteiger partial charge in [-0.2, -0.15) is 0 Å². The second kappa shape index (κ2) is 5.69. The van der Waals surface area contributed by atoms with Crippen molar-refractivity contribution in [2.75, 3.05) is 0 Å². The number of rotatable bonds is 4. The molecule has 0 saturated carbocycles. The third kappa shape index (κ3) is 3.13. The van der Waals surface area contributed by atoms with Crippen LogP contribution < -0.4 is 5.32 Å². The second-order valence-corrected chi connectivity index (χ2v) is 6.24. The van der Waals surface area contributed by atoms with Crippen LogP contribution in [0.15, 0.2) is 35.7 Å². The zero-order valence-corrected chi connectivity index (χ0v) is 12.8. The molecule has 1 atom stereocenters. The first kappa shape index (κ1) is 13.8. The molecular weight excluding hydrogens is 282 g/mol. The van der Waals surface area contributed by atoms with Crippen molar-refractivity contribution in [2.45, 2.75) is 26.3 Å². The number of carbonyl (C=O) groups excluding carboxylic acids is 1. The highest BCUT2D eigenvalue weighted by Crippen LogP contribution is 2.14. The molecule has 0 aliphatic rings. The molecule has 3 rings (SSSR count). The minimum absolute atomic E-state index is 0.0480. The topological polar surface area (TPSA) is 57.8 Å². The molecule has 1 unspecified atom stereocenters. The Labute approximate surface area is 127 Å². The van der Waals surface area contributed by atoms with Crippen LogP contribution in [0.25, 0.3) is 11.0 Å². The van der Waals surface area contributed by atoms with E-state index in [-0.39, 0.29) is 11.9 Å². The van der Waals surface area contributed by atoms with Crippen LogP contribution in [-0.2, 0) is 6.42 Å². The number of aryl methyl sites for hydroxylation is 1. The van der Waals surface area contributed by atoms with Crippen LogP contribution in [0, 0.1) is 6.92 Å². The molecule has 0 bridgehead atoms. The summed E-state index contributed by atoms with van der Waals surface area (Å²) in [6.45, 7) is 3.93. The number of thiophene rings is 1. The maximum Gasteiger partial charge on any atom is 0.251 e. The van der Waals surface area contributed by atoms with Crippen molar-refractivity contribution < 1.29 is 4.79 Å². The van der Waals surface area contributed by atoms with Gasteiger partial charge in [0.1, 0.15) is 5.82 Å². The molecule has 3 aromatic rings. The van der Waals surface area contributed by atoms with Crippen molar-refractivity contribution in [3.8, 4) is 0 Å². The monoisotopic (exact) mass is 299 g/mol. The van der Waals surface area contributed by atoms with Crippen molar-refractivity contribution in [1.29, 1.82) is 0 Å². The number of hydrogen-bond acceptors (Lipinski definition) is 3. The lowest BCUT2D eigenvalue weighted by molar-refractivity contribution is 0.0940. The van der Waals surface area contributed by atoms with Crippen molar-refractivity contribution in [3.63, 3.8) is 0 Å². The van der Waals surface area contributed by atoms with E-state index < -0.39 is 0 Å². The van der Waals surface area contributed by atoms with Gasteiger partial charge in [-0.25, -0.2) is 4.98 Å². The molecule has 5 heteroatoms. The number of aromatic nitrogens is 2. The number of carbonyl (C=O) groups is 1. The van der Waals surface area contributed by atoms with E-state index in [0.29, 0.717) is 5.56 Å². The smallest absolute Gasteiger partial charge is 0.251 e. The first-order valence-corrected chi connectivity index (χ1v) is 7.79. The Morgan fingerprint density at radius 1 is 1.43 bits per heavy atom. The third-order valence-electron chi connectivity index (χ3n) is 3.33. The largest absolute Gasteiger partial charge is 0.349 e. The minimum Gasteiger partial charge on any atom is -0.349 e. The molecule has 4 nitrogen and oxygen atoms in total. The standard InChI is InChI=1S/C16H17N3OS/c1-10(8-13-4-3-7-21-13)17-16(20)12-5-6-14-15(9-12)19-11(2)18-14/h3-7,9-10H,8H2,1-2H3,(H,17,20)(H,18,19). The average molecular weight is 299 g/mol. The van der Waals surface area contributed by atoms with Gasteiger partial charge in [-0.1, -0.05) is 6.07 Å². The fourth-order valence-corrected chi connectivity index (χ4v) is 3.20. The number of aromatic amines is 1. The van der Waals surface area contributed by atoms with Gasteiger partial charge in [-0.05, 0) is 43.5 Å². The zero-order valence-electron chi connectivity index (χ0n) is 12.0. The second-order valence-electron chi connectivity index (χ2n) is 5.21. The molecule has 2 heterocycles. The lowest BCUT2D eigenvalue weighted by Gasteiger charge is -2.13. The highest BCUT2D eigenvalue weighted by molar-refractivity contribution is 7.09. The quantitative estimate of drug-likeness (QED) is 0.776. The number of amides is 1. The zero-order chi connectivity index (χ0) is 14.8. The Kier molecular flexibility index (Phi) is 3.75. The van der Waals surface area contributed by atoms with Crippen molar-refractivity contribution >= 4 is 28.3 Å². The van der Waals surface area contributed by atoms with E-state index in [2.05, 4.69) is 26.7 Å². The van der Waals surface area contributed by atoms with E-state index in [4.69, 9.17) is 0 Å². The number of hydrogen-bond donors (Lipinski definition) is 2. The Hall–Kier alpha value is -2.14. The highest BCUT2D eigenvalue weighted by Gasteiger charge is 2.12. The molecule has 0 saturated heterocycles. The summed E-state index contributed by atoms with van der Waals surface area (Å²) in [6, 6.07) is 9.77. The summed E-state index contributed by atoms with van der Waals surface area (Å²) in [6.07, 6.45) is 0.856. The fourth-order valence-electron chi connectivity index (χ4n) is 2.37. The maximum absolute atomic E-state index is 12.3. The lowest BCUT2D eigenvalue weighted by Crippen LogP contribution is -2.33. The normalized spacial score (nSPS) is 12.5. The summed E-state index contributed by atoms with van der Waals surface area (Å²) < 4.78 is 0. The van der Waals surface area contributed by atoms with E-state index in [1.807, 2.05) is 38.1 Å². The number of fused-ring (bicyclic) bond motifs is 1. The number of imidazole rings is 1. The number of benzene rings is 1. The molecule has 0 spiro atoms. The van der Waals surface area contributed by atoms with Gasteiger partial charge in [0.05, 0.1) is 11.0 Å². The molecule has 1 amide bonds. The van der Waals surface area contributed by atoms with Crippen LogP contribution in [0.4, 0.5) is 0 Å². The molecule has 2 N–H and O–H groups in total. The Morgan fingerprint density at radius 3 is 3.05 bits per heavy atom. The Morgan fingerprint density at radius 2 is 2.29 bits per heavy atom. The van der Waals surface area contributed by atoms with Crippen LogP contribution in [0.5, 0.6) is 0 Å². The minimum atomic E-state index is -0.0480. The van der Waals surface area contributed by atoms with E-state index in [1.165, 1.54) is 4.88 Å². The number of nitrogens with one attached hydrogen (secondary N) is 2. The molecule has 0 radical (unpaired) electrons. The third-order valence-corrected chi connectivity index (χ3v) is 4.23. The van der Waals surface area contributed by atoms with Crippen LogP contribution >= 0.6 is 11.3 Å². The molecule has 0 aliphatic heterocycles.